The largest absolute Gasteiger partial charge is 0.103 e. The first-order valence-electron chi connectivity index (χ1n) is 5.78. The molecule has 0 aromatic heterocycles. The molecule has 0 atom stereocenters. The molecule has 0 amide bonds. The molecule has 1 heteroatoms. The Morgan fingerprint density at radius 1 is 1.06 bits per heavy atom. The summed E-state index contributed by atoms with van der Waals surface area (Å²) in [7, 11) is 0. The van der Waals surface area contributed by atoms with Gasteiger partial charge in [0.05, 0.1) is 0 Å². The molecule has 0 rings (SSSR count). The second-order valence-electron chi connectivity index (χ2n) is 3.59. The molecule has 0 N–H and O–H groups in total. The molecule has 0 aromatic rings. The maximum Gasteiger partial charge on any atom is -0.0210 e. The summed E-state index contributed by atoms with van der Waals surface area (Å²) >= 11 is 1.68. The van der Waals surface area contributed by atoms with E-state index in [1.165, 1.54) is 16.7 Å². The molecule has 16 heavy (non-hydrogen) atoms. The third-order valence-electron chi connectivity index (χ3n) is 1.65. The summed E-state index contributed by atoms with van der Waals surface area (Å²) < 4.78 is 0. The average molecular weight is 238 g/mol. The molecule has 0 saturated carbocycles. The first-order valence-corrected chi connectivity index (χ1v) is 6.66. The number of hydrogen-bond donors (Lipinski definition) is 0. The molecule has 0 aliphatic heterocycles. The Morgan fingerprint density at radius 2 is 1.56 bits per heavy atom. The maximum absolute atomic E-state index is 3.86. The van der Waals surface area contributed by atoms with Crippen LogP contribution in [-0.2, 0) is 0 Å². The smallest absolute Gasteiger partial charge is 0.0210 e. The Morgan fingerprint density at radius 3 is 1.88 bits per heavy atom. The Balaban J connectivity index is 0. The van der Waals surface area contributed by atoms with Gasteiger partial charge in [0.15, 0.2) is 0 Å². The predicted octanol–water partition coefficient (Wildman–Crippen LogP) is 6.10. The van der Waals surface area contributed by atoms with Crippen LogP contribution in [0.1, 0.15) is 48.5 Å². The molecule has 0 aliphatic rings. The molecule has 0 bridgehead atoms. The molecule has 0 saturated heterocycles. The van der Waals surface area contributed by atoms with Crippen molar-refractivity contribution in [1.29, 1.82) is 0 Å². The second-order valence-corrected chi connectivity index (χ2v) is 4.75. The summed E-state index contributed by atoms with van der Waals surface area (Å²) in [5.74, 6) is 0. The summed E-state index contributed by atoms with van der Waals surface area (Å²) in [6.45, 7) is 18.3. The van der Waals surface area contributed by atoms with Crippen LogP contribution in [0, 0.1) is 0 Å². The van der Waals surface area contributed by atoms with E-state index >= 15 is 0 Å². The van der Waals surface area contributed by atoms with Gasteiger partial charge in [-0.15, -0.1) is 11.8 Å². The van der Waals surface area contributed by atoms with Crippen molar-refractivity contribution in [3.8, 4) is 0 Å². The van der Waals surface area contributed by atoms with Gasteiger partial charge in [-0.2, -0.15) is 0 Å². The van der Waals surface area contributed by atoms with E-state index in [4.69, 9.17) is 0 Å². The Bertz CT molecular complexity index is 287. The van der Waals surface area contributed by atoms with E-state index in [2.05, 4.69) is 51.8 Å². The molecule has 0 unspecified atom stereocenters. The minimum absolute atomic E-state index is 1.12. The molecule has 0 spiro atoms. The zero-order valence-electron chi connectivity index (χ0n) is 11.8. The van der Waals surface area contributed by atoms with E-state index in [0.29, 0.717) is 0 Å². The van der Waals surface area contributed by atoms with Gasteiger partial charge < -0.3 is 0 Å². The van der Waals surface area contributed by atoms with Crippen LogP contribution in [-0.4, -0.2) is 0 Å². The lowest BCUT2D eigenvalue weighted by Gasteiger charge is -2.03. The minimum atomic E-state index is 1.12. The third-order valence-corrected chi connectivity index (χ3v) is 2.52. The van der Waals surface area contributed by atoms with Crippen molar-refractivity contribution < 1.29 is 0 Å². The maximum atomic E-state index is 3.86. The van der Waals surface area contributed by atoms with Crippen molar-refractivity contribution in [2.75, 3.05) is 0 Å². The second kappa shape index (κ2) is 10.8. The number of hydrogen-bond acceptors (Lipinski definition) is 1. The number of rotatable bonds is 4. The highest BCUT2D eigenvalue weighted by molar-refractivity contribution is 8.05. The van der Waals surface area contributed by atoms with Crippen LogP contribution in [0.2, 0.25) is 0 Å². The molecule has 0 aliphatic carbocycles. The van der Waals surface area contributed by atoms with Crippen LogP contribution in [0.4, 0.5) is 0 Å². The summed E-state index contributed by atoms with van der Waals surface area (Å²) in [5.41, 5.74) is 3.91. The molecular formula is C15H26S. The fraction of sp³-hybridized carbons (Fsp3) is 0.467. The Kier molecular flexibility index (Phi) is 12.0. The molecule has 92 valence electrons. The van der Waals surface area contributed by atoms with E-state index in [9.17, 15) is 0 Å². The first kappa shape index (κ1) is 17.7. The van der Waals surface area contributed by atoms with Crippen molar-refractivity contribution in [1.82, 2.24) is 0 Å². The summed E-state index contributed by atoms with van der Waals surface area (Å²) in [6.07, 6.45) is 4.34. The molecule has 0 radical (unpaired) electrons. The third kappa shape index (κ3) is 9.85. The molecule has 0 aromatic carbocycles. The fourth-order valence-electron chi connectivity index (χ4n) is 0.993. The quantitative estimate of drug-likeness (QED) is 0.534. The topological polar surface area (TPSA) is 0 Å². The van der Waals surface area contributed by atoms with Gasteiger partial charge in [-0.25, -0.2) is 0 Å². The lowest BCUT2D eigenvalue weighted by molar-refractivity contribution is 1.33. The zero-order valence-corrected chi connectivity index (χ0v) is 12.7. The van der Waals surface area contributed by atoms with Crippen LogP contribution < -0.4 is 0 Å². The lowest BCUT2D eigenvalue weighted by Crippen LogP contribution is -1.81. The Hall–Kier alpha value is -0.690. The van der Waals surface area contributed by atoms with Crippen molar-refractivity contribution in [3.63, 3.8) is 0 Å². The highest BCUT2D eigenvalue weighted by Crippen LogP contribution is 2.21. The van der Waals surface area contributed by atoms with E-state index in [0.717, 1.165) is 4.91 Å². The molecule has 0 heterocycles. The predicted molar refractivity (Wildman–Crippen MR) is 80.7 cm³/mol. The van der Waals surface area contributed by atoms with Crippen LogP contribution in [0.3, 0.4) is 0 Å². The first-order chi connectivity index (χ1) is 7.47. The molecule has 0 nitrogen and oxygen atoms in total. The van der Waals surface area contributed by atoms with Crippen LogP contribution >= 0.6 is 11.8 Å². The van der Waals surface area contributed by atoms with Gasteiger partial charge in [-0.1, -0.05) is 38.2 Å². The van der Waals surface area contributed by atoms with E-state index in [1.54, 1.807) is 11.8 Å². The van der Waals surface area contributed by atoms with E-state index in [1.807, 2.05) is 20.8 Å². The van der Waals surface area contributed by atoms with E-state index in [-0.39, 0.29) is 0 Å². The SMILES string of the molecule is C=C(C)S/C=C(C)/C(C=C(C)C)=C/C.CC. The normalized spacial score (nSPS) is 11.4. The summed E-state index contributed by atoms with van der Waals surface area (Å²) in [4.78, 5) is 1.12. The lowest BCUT2D eigenvalue weighted by atomic mass is 10.1. The molecule has 0 fully saturated rings. The van der Waals surface area contributed by atoms with Crippen molar-refractivity contribution in [3.05, 3.63) is 45.8 Å². The number of thioether (sulfide) groups is 1. The Labute approximate surface area is 106 Å². The van der Waals surface area contributed by atoms with Gasteiger partial charge in [0, 0.05) is 0 Å². The van der Waals surface area contributed by atoms with Gasteiger partial charge >= 0.3 is 0 Å². The average Bonchev–Trinajstić information content (AvgIpc) is 2.25. The molecular weight excluding hydrogens is 212 g/mol. The van der Waals surface area contributed by atoms with Crippen LogP contribution in [0.15, 0.2) is 45.8 Å². The van der Waals surface area contributed by atoms with Gasteiger partial charge in [0.2, 0.25) is 0 Å². The summed E-state index contributed by atoms with van der Waals surface area (Å²) in [5, 5.41) is 2.15. The van der Waals surface area contributed by atoms with E-state index < -0.39 is 0 Å². The standard InChI is InChI=1S/C13H20S.C2H6/c1-7-13(8-10(2)3)12(6)9-14-11(4)5;1-2/h7-9H,4H2,1-3,5-6H3;1-2H3/b12-9+,13-7+;. The van der Waals surface area contributed by atoms with Crippen LogP contribution in [0.5, 0.6) is 0 Å². The monoisotopic (exact) mass is 238 g/mol. The fourth-order valence-corrected chi connectivity index (χ4v) is 1.51. The number of allylic oxidation sites excluding steroid dienone is 6. The van der Waals surface area contributed by atoms with Gasteiger partial charge in [0.1, 0.15) is 0 Å². The highest BCUT2D eigenvalue weighted by Gasteiger charge is 1.95. The minimum Gasteiger partial charge on any atom is -0.103 e. The highest BCUT2D eigenvalue weighted by atomic mass is 32.2. The van der Waals surface area contributed by atoms with Crippen molar-refractivity contribution in [2.45, 2.75) is 48.5 Å². The van der Waals surface area contributed by atoms with Gasteiger partial charge in [-0.3, -0.25) is 0 Å². The summed E-state index contributed by atoms with van der Waals surface area (Å²) in [6, 6.07) is 0. The zero-order chi connectivity index (χ0) is 13.1. The van der Waals surface area contributed by atoms with Crippen molar-refractivity contribution in [2.24, 2.45) is 0 Å². The van der Waals surface area contributed by atoms with Crippen molar-refractivity contribution >= 4 is 11.8 Å². The van der Waals surface area contributed by atoms with Crippen LogP contribution in [0.25, 0.3) is 0 Å². The van der Waals surface area contributed by atoms with Gasteiger partial charge in [-0.05, 0) is 56.1 Å². The van der Waals surface area contributed by atoms with Gasteiger partial charge in [0.25, 0.3) is 0 Å².